The molecule has 0 amide bonds. The van der Waals surface area contributed by atoms with Crippen molar-refractivity contribution in [2.24, 2.45) is 5.92 Å². The molecule has 1 aromatic rings. The molecule has 0 spiro atoms. The van der Waals surface area contributed by atoms with E-state index in [2.05, 4.69) is 62.4 Å². The highest BCUT2D eigenvalue weighted by Gasteiger charge is 2.31. The number of rotatable bonds is 11. The molecule has 2 rings (SSSR count). The Kier molecular flexibility index (Phi) is 36.4. The molecule has 1 atom stereocenters. The lowest BCUT2D eigenvalue weighted by atomic mass is 10.0. The molecule has 1 N–H and O–H groups in total. The summed E-state index contributed by atoms with van der Waals surface area (Å²) in [6, 6.07) is 6.64. The Hall–Kier alpha value is -2.17. The lowest BCUT2D eigenvalue weighted by molar-refractivity contribution is -0.274. The van der Waals surface area contributed by atoms with Crippen LogP contribution in [0.3, 0.4) is 0 Å². The summed E-state index contributed by atoms with van der Waals surface area (Å²) in [7, 11) is 1.86. The quantitative estimate of drug-likeness (QED) is 0.251. The number of hydrogen-bond donors (Lipinski definition) is 1. The van der Waals surface area contributed by atoms with Crippen LogP contribution in [0.1, 0.15) is 121 Å². The first-order valence-electron chi connectivity index (χ1n) is 16.6. The van der Waals surface area contributed by atoms with E-state index in [0.29, 0.717) is 0 Å². The first-order valence-corrected chi connectivity index (χ1v) is 16.6. The zero-order valence-electron chi connectivity index (χ0n) is 29.9. The predicted molar refractivity (Wildman–Crippen MR) is 186 cm³/mol. The lowest BCUT2D eigenvalue weighted by Crippen LogP contribution is -2.44. The number of benzene rings is 1. The molecular weight excluding hydrogens is 547 g/mol. The van der Waals surface area contributed by atoms with Crippen LogP contribution >= 0.6 is 0 Å². The van der Waals surface area contributed by atoms with Crippen LogP contribution in [0.4, 0.5) is 18.9 Å². The molecule has 7 heteroatoms. The Morgan fingerprint density at radius 1 is 0.977 bits per heavy atom. The van der Waals surface area contributed by atoms with Gasteiger partial charge in [-0.1, -0.05) is 88.2 Å². The smallest absolute Gasteiger partial charge is 0.406 e. The van der Waals surface area contributed by atoms with E-state index >= 15 is 0 Å². The summed E-state index contributed by atoms with van der Waals surface area (Å²) in [6.45, 7) is 28.3. The van der Waals surface area contributed by atoms with E-state index in [1.807, 2.05) is 59.6 Å². The zero-order chi connectivity index (χ0) is 34.3. The van der Waals surface area contributed by atoms with Gasteiger partial charge in [0.1, 0.15) is 5.75 Å². The molecule has 254 valence electrons. The van der Waals surface area contributed by atoms with Crippen LogP contribution in [0.15, 0.2) is 36.0 Å². The number of terminal acetylenes is 1. The number of alkyl halides is 3. The van der Waals surface area contributed by atoms with Crippen LogP contribution in [-0.2, 0) is 0 Å². The Balaban J connectivity index is -0.000000280. The molecular formula is C36H68F3N3O. The Morgan fingerprint density at radius 2 is 1.47 bits per heavy atom. The van der Waals surface area contributed by atoms with Crippen molar-refractivity contribution in [3.63, 3.8) is 0 Å². The van der Waals surface area contributed by atoms with Gasteiger partial charge < -0.3 is 19.9 Å². The number of piperidine rings is 1. The summed E-state index contributed by atoms with van der Waals surface area (Å²) >= 11 is 0. The van der Waals surface area contributed by atoms with Gasteiger partial charge in [-0.05, 0) is 95.4 Å². The van der Waals surface area contributed by atoms with Crippen LogP contribution in [0.2, 0.25) is 0 Å². The fraction of sp³-hybridized carbons (Fsp3) is 0.722. The SMILES string of the molecule is C#C.CC.CC.CC/C=C(/C)N(C)c1ccc(OC(F)(F)F)cc1.CCC.CCCN(CCC(C)CC)C1CCNCC1. The van der Waals surface area contributed by atoms with E-state index in [9.17, 15) is 13.2 Å². The van der Waals surface area contributed by atoms with Gasteiger partial charge in [0.05, 0.1) is 0 Å². The minimum atomic E-state index is -4.65. The molecule has 43 heavy (non-hydrogen) atoms. The maximum absolute atomic E-state index is 12.0. The monoisotopic (exact) mass is 616 g/mol. The molecule has 1 aromatic carbocycles. The Bertz CT molecular complexity index is 742. The fourth-order valence-corrected chi connectivity index (χ4v) is 4.03. The molecule has 1 saturated heterocycles. The van der Waals surface area contributed by atoms with Gasteiger partial charge >= 0.3 is 6.36 Å². The number of ether oxygens (including phenoxy) is 1. The normalized spacial score (nSPS) is 13.5. The average Bonchev–Trinajstić information content (AvgIpc) is 3.02. The van der Waals surface area contributed by atoms with E-state index in [4.69, 9.17) is 0 Å². The highest BCUT2D eigenvalue weighted by molar-refractivity contribution is 5.52. The molecule has 0 aliphatic carbocycles. The number of allylic oxidation sites excluding steroid dienone is 2. The third-order valence-electron chi connectivity index (χ3n) is 6.43. The molecule has 0 saturated carbocycles. The molecule has 1 aliphatic heterocycles. The number of nitrogens with zero attached hydrogens (tertiary/aromatic N) is 2. The van der Waals surface area contributed by atoms with E-state index in [0.717, 1.165) is 29.8 Å². The summed E-state index contributed by atoms with van der Waals surface area (Å²) < 4.78 is 39.8. The van der Waals surface area contributed by atoms with Gasteiger partial charge in [-0.15, -0.1) is 26.0 Å². The summed E-state index contributed by atoms with van der Waals surface area (Å²) in [5.74, 6) is 0.679. The maximum atomic E-state index is 12.0. The summed E-state index contributed by atoms with van der Waals surface area (Å²) in [4.78, 5) is 4.65. The first kappa shape index (κ1) is 47.8. The maximum Gasteiger partial charge on any atom is 0.573 e. The minimum absolute atomic E-state index is 0.211. The average molecular weight is 616 g/mol. The standard InChI is InChI=1S/C14H30N2.C13H16F3NO.C3H8.2C2H6.C2H2/c1-4-11-16(12-8-13(3)5-2)14-6-9-15-10-7-14;1-4-5-10(2)17(3)11-6-8-12(9-7-11)18-13(14,15)16;1-3-2;3*1-2/h13-15H,4-12H2,1-3H3;5-9H,4H2,1-3H3;3H2,1-2H3;2*1-2H3;1-2H/b;10-5-;;;;. The van der Waals surface area contributed by atoms with Gasteiger partial charge in [-0.25, -0.2) is 0 Å². The van der Waals surface area contributed by atoms with Crippen molar-refractivity contribution in [2.75, 3.05) is 38.1 Å². The van der Waals surface area contributed by atoms with Gasteiger partial charge in [-0.2, -0.15) is 0 Å². The highest BCUT2D eigenvalue weighted by atomic mass is 19.4. The second kappa shape index (κ2) is 32.7. The molecule has 1 unspecified atom stereocenters. The molecule has 4 nitrogen and oxygen atoms in total. The molecule has 1 fully saturated rings. The van der Waals surface area contributed by atoms with Crippen LogP contribution in [0.5, 0.6) is 5.75 Å². The molecule has 0 radical (unpaired) electrons. The van der Waals surface area contributed by atoms with Crippen molar-refractivity contribution in [1.82, 2.24) is 10.2 Å². The topological polar surface area (TPSA) is 27.7 Å². The van der Waals surface area contributed by atoms with Crippen LogP contribution in [0, 0.1) is 18.8 Å². The Morgan fingerprint density at radius 3 is 1.86 bits per heavy atom. The first-order chi connectivity index (χ1) is 20.5. The van der Waals surface area contributed by atoms with Crippen molar-refractivity contribution in [2.45, 2.75) is 134 Å². The van der Waals surface area contributed by atoms with Crippen LogP contribution in [-0.4, -0.2) is 50.5 Å². The van der Waals surface area contributed by atoms with Crippen LogP contribution in [0.25, 0.3) is 0 Å². The van der Waals surface area contributed by atoms with Crippen molar-refractivity contribution in [3.8, 4) is 18.6 Å². The summed E-state index contributed by atoms with van der Waals surface area (Å²) in [6.07, 6.45) is 14.2. The zero-order valence-corrected chi connectivity index (χ0v) is 29.9. The molecule has 0 bridgehead atoms. The van der Waals surface area contributed by atoms with Gasteiger partial charge in [0.25, 0.3) is 0 Å². The van der Waals surface area contributed by atoms with E-state index in [-0.39, 0.29) is 5.75 Å². The third-order valence-corrected chi connectivity index (χ3v) is 6.43. The second-order valence-corrected chi connectivity index (χ2v) is 9.88. The van der Waals surface area contributed by atoms with Crippen LogP contribution < -0.4 is 15.0 Å². The molecule has 1 aliphatic rings. The number of nitrogens with one attached hydrogen (secondary N) is 1. The third kappa shape index (κ3) is 27.1. The number of anilines is 1. The minimum Gasteiger partial charge on any atom is -0.406 e. The van der Waals surface area contributed by atoms with Gasteiger partial charge in [0.15, 0.2) is 0 Å². The molecule has 1 heterocycles. The summed E-state index contributed by atoms with van der Waals surface area (Å²) in [5, 5.41) is 3.46. The van der Waals surface area contributed by atoms with Gasteiger partial charge in [0.2, 0.25) is 0 Å². The van der Waals surface area contributed by atoms with Gasteiger partial charge in [-0.3, -0.25) is 0 Å². The van der Waals surface area contributed by atoms with E-state index < -0.39 is 6.36 Å². The number of halogens is 3. The van der Waals surface area contributed by atoms with Crippen molar-refractivity contribution >= 4 is 5.69 Å². The number of hydrogen-bond acceptors (Lipinski definition) is 4. The predicted octanol–water partition coefficient (Wildman–Crippen LogP) is 10.9. The van der Waals surface area contributed by atoms with Gasteiger partial charge in [0, 0.05) is 24.5 Å². The van der Waals surface area contributed by atoms with E-state index in [1.54, 1.807) is 12.1 Å². The largest absolute Gasteiger partial charge is 0.573 e. The van der Waals surface area contributed by atoms with Crippen molar-refractivity contribution < 1.29 is 17.9 Å². The molecule has 0 aromatic heterocycles. The second-order valence-electron chi connectivity index (χ2n) is 9.88. The van der Waals surface area contributed by atoms with Crippen molar-refractivity contribution in [1.29, 1.82) is 0 Å². The lowest BCUT2D eigenvalue weighted by Gasteiger charge is -2.35. The highest BCUT2D eigenvalue weighted by Crippen LogP contribution is 2.26. The summed E-state index contributed by atoms with van der Waals surface area (Å²) in [5.41, 5.74) is 1.86. The fourth-order valence-electron chi connectivity index (χ4n) is 4.03. The van der Waals surface area contributed by atoms with E-state index in [1.165, 1.54) is 76.8 Å². The van der Waals surface area contributed by atoms with Crippen molar-refractivity contribution in [3.05, 3.63) is 36.0 Å². The Labute approximate surface area is 265 Å².